The number of benzene rings is 1. The number of fused-ring (bicyclic) bond motifs is 1. The Morgan fingerprint density at radius 3 is 2.59 bits per heavy atom. The predicted octanol–water partition coefficient (Wildman–Crippen LogP) is 2.71. The zero-order chi connectivity index (χ0) is 15.7. The lowest BCUT2D eigenvalue weighted by Gasteiger charge is -2.07. The van der Waals surface area contributed by atoms with Crippen LogP contribution in [0.2, 0.25) is 0 Å². The molecule has 1 aromatic carbocycles. The average Bonchev–Trinajstić information content (AvgIpc) is 2.91. The maximum Gasteiger partial charge on any atom is 0.175 e. The van der Waals surface area contributed by atoms with Crippen LogP contribution in [0, 0.1) is 11.3 Å². The van der Waals surface area contributed by atoms with Gasteiger partial charge in [0, 0.05) is 11.9 Å². The van der Waals surface area contributed by atoms with E-state index in [-0.39, 0.29) is 4.90 Å². The smallest absolute Gasteiger partial charge is 0.175 e. The van der Waals surface area contributed by atoms with Gasteiger partial charge in [0.2, 0.25) is 0 Å². The molecular weight excluding hydrogens is 320 g/mol. The normalized spacial score (nSPS) is 11.3. The van der Waals surface area contributed by atoms with Crippen LogP contribution in [0.15, 0.2) is 41.6 Å². The molecule has 3 aromatic rings. The van der Waals surface area contributed by atoms with Gasteiger partial charge in [-0.2, -0.15) is 5.26 Å². The lowest BCUT2D eigenvalue weighted by atomic mass is 10.3. The molecule has 0 saturated carbocycles. The Kier molecular flexibility index (Phi) is 3.52. The van der Waals surface area contributed by atoms with Crippen molar-refractivity contribution in [1.82, 2.24) is 9.97 Å². The standard InChI is InChI=1S/C14H10N4O2S2/c1-22(19,20)11-4-2-9(3-5-11)18-13-12-6-10(7-15)21-14(12)17-8-16-13/h2-6,8H,1H3,(H,16,17,18). The molecule has 0 fully saturated rings. The highest BCUT2D eigenvalue weighted by atomic mass is 32.2. The van der Waals surface area contributed by atoms with Crippen LogP contribution in [0.1, 0.15) is 4.88 Å². The van der Waals surface area contributed by atoms with E-state index in [1.165, 1.54) is 29.8 Å². The molecule has 2 aromatic heterocycles. The molecular formula is C14H10N4O2S2. The summed E-state index contributed by atoms with van der Waals surface area (Å²) in [7, 11) is -3.21. The molecule has 0 aliphatic heterocycles. The summed E-state index contributed by atoms with van der Waals surface area (Å²) in [6.07, 6.45) is 2.59. The van der Waals surface area contributed by atoms with Crippen molar-refractivity contribution >= 4 is 42.9 Å². The predicted molar refractivity (Wildman–Crippen MR) is 85.0 cm³/mol. The first-order valence-corrected chi connectivity index (χ1v) is 8.90. The van der Waals surface area contributed by atoms with Gasteiger partial charge in [-0.15, -0.1) is 11.3 Å². The van der Waals surface area contributed by atoms with E-state index in [0.717, 1.165) is 16.5 Å². The van der Waals surface area contributed by atoms with Gasteiger partial charge in [-0.25, -0.2) is 18.4 Å². The van der Waals surface area contributed by atoms with Gasteiger partial charge in [0.05, 0.1) is 10.3 Å². The van der Waals surface area contributed by atoms with E-state index < -0.39 is 9.84 Å². The van der Waals surface area contributed by atoms with Crippen LogP contribution in [0.4, 0.5) is 11.5 Å². The summed E-state index contributed by atoms with van der Waals surface area (Å²) in [4.78, 5) is 9.86. The molecule has 0 bridgehead atoms. The number of anilines is 2. The Bertz CT molecular complexity index is 986. The Hall–Kier alpha value is -2.50. The lowest BCUT2D eigenvalue weighted by Crippen LogP contribution is -1.98. The van der Waals surface area contributed by atoms with Crippen LogP contribution < -0.4 is 5.32 Å². The minimum Gasteiger partial charge on any atom is -0.340 e. The number of aromatic nitrogens is 2. The highest BCUT2D eigenvalue weighted by molar-refractivity contribution is 7.90. The third kappa shape index (κ3) is 2.77. The van der Waals surface area contributed by atoms with Crippen molar-refractivity contribution in [3.63, 3.8) is 0 Å². The highest BCUT2D eigenvalue weighted by Crippen LogP contribution is 2.29. The highest BCUT2D eigenvalue weighted by Gasteiger charge is 2.10. The molecule has 0 saturated heterocycles. The number of hydrogen-bond donors (Lipinski definition) is 1. The molecule has 0 atom stereocenters. The van der Waals surface area contributed by atoms with Gasteiger partial charge in [0.15, 0.2) is 9.84 Å². The second-order valence-corrected chi connectivity index (χ2v) is 7.63. The van der Waals surface area contributed by atoms with Crippen LogP contribution in [0.5, 0.6) is 0 Å². The average molecular weight is 330 g/mol. The summed E-state index contributed by atoms with van der Waals surface area (Å²) in [6, 6.07) is 10.2. The van der Waals surface area contributed by atoms with E-state index in [4.69, 9.17) is 5.26 Å². The number of nitriles is 1. The third-order valence-corrected chi connectivity index (χ3v) is 5.06. The molecule has 0 aliphatic rings. The fourth-order valence-electron chi connectivity index (χ4n) is 1.93. The molecule has 8 heteroatoms. The van der Waals surface area contributed by atoms with E-state index in [1.807, 2.05) is 0 Å². The minimum atomic E-state index is -3.21. The van der Waals surface area contributed by atoms with Gasteiger partial charge < -0.3 is 5.32 Å². The maximum atomic E-state index is 11.4. The zero-order valence-electron chi connectivity index (χ0n) is 11.4. The van der Waals surface area contributed by atoms with Gasteiger partial charge in [-0.05, 0) is 30.3 Å². The molecule has 3 rings (SSSR count). The van der Waals surface area contributed by atoms with E-state index in [9.17, 15) is 8.42 Å². The van der Waals surface area contributed by atoms with Gasteiger partial charge in [0.1, 0.15) is 27.9 Å². The van der Waals surface area contributed by atoms with Crippen LogP contribution in [-0.2, 0) is 9.84 Å². The van der Waals surface area contributed by atoms with Crippen molar-refractivity contribution in [3.05, 3.63) is 41.5 Å². The van der Waals surface area contributed by atoms with Crippen molar-refractivity contribution < 1.29 is 8.42 Å². The molecule has 6 nitrogen and oxygen atoms in total. The van der Waals surface area contributed by atoms with Crippen molar-refractivity contribution in [2.45, 2.75) is 4.90 Å². The van der Waals surface area contributed by atoms with Crippen LogP contribution >= 0.6 is 11.3 Å². The molecule has 0 aliphatic carbocycles. The number of sulfone groups is 1. The Morgan fingerprint density at radius 1 is 1.23 bits per heavy atom. The largest absolute Gasteiger partial charge is 0.340 e. The topological polar surface area (TPSA) is 95.7 Å². The Morgan fingerprint density at radius 2 is 1.95 bits per heavy atom. The lowest BCUT2D eigenvalue weighted by molar-refractivity contribution is 0.602. The van der Waals surface area contributed by atoms with Crippen LogP contribution in [0.3, 0.4) is 0 Å². The number of thiophene rings is 1. The summed E-state index contributed by atoms with van der Waals surface area (Å²) in [5, 5.41) is 12.8. The molecule has 110 valence electrons. The van der Waals surface area contributed by atoms with Gasteiger partial charge in [0.25, 0.3) is 0 Å². The number of rotatable bonds is 3. The van der Waals surface area contributed by atoms with Crippen LogP contribution in [-0.4, -0.2) is 24.6 Å². The Labute approximate surface area is 131 Å². The zero-order valence-corrected chi connectivity index (χ0v) is 13.1. The van der Waals surface area contributed by atoms with Gasteiger partial charge in [-0.3, -0.25) is 0 Å². The first-order valence-electron chi connectivity index (χ1n) is 6.19. The second kappa shape index (κ2) is 5.36. The fourth-order valence-corrected chi connectivity index (χ4v) is 3.36. The SMILES string of the molecule is CS(=O)(=O)c1ccc(Nc2ncnc3sc(C#N)cc23)cc1. The molecule has 2 heterocycles. The molecule has 0 unspecified atom stereocenters. The first-order chi connectivity index (χ1) is 10.5. The summed E-state index contributed by atoms with van der Waals surface area (Å²) < 4.78 is 22.9. The maximum absolute atomic E-state index is 11.4. The number of nitrogens with one attached hydrogen (secondary N) is 1. The molecule has 1 N–H and O–H groups in total. The quantitative estimate of drug-likeness (QED) is 0.793. The van der Waals surface area contributed by atoms with Crippen molar-refractivity contribution in [3.8, 4) is 6.07 Å². The summed E-state index contributed by atoms with van der Waals surface area (Å²) >= 11 is 1.30. The molecule has 0 radical (unpaired) electrons. The van der Waals surface area contributed by atoms with Crippen LogP contribution in [0.25, 0.3) is 10.2 Å². The van der Waals surface area contributed by atoms with E-state index in [0.29, 0.717) is 16.4 Å². The summed E-state index contributed by atoms with van der Waals surface area (Å²) in [6.45, 7) is 0. The van der Waals surface area contributed by atoms with E-state index >= 15 is 0 Å². The summed E-state index contributed by atoms with van der Waals surface area (Å²) in [5.74, 6) is 0.579. The minimum absolute atomic E-state index is 0.258. The Balaban J connectivity index is 1.96. The fraction of sp³-hybridized carbons (Fsp3) is 0.0714. The van der Waals surface area contributed by atoms with Crippen molar-refractivity contribution in [2.24, 2.45) is 0 Å². The molecule has 0 amide bonds. The van der Waals surface area contributed by atoms with Gasteiger partial charge in [-0.1, -0.05) is 0 Å². The number of nitrogens with zero attached hydrogens (tertiary/aromatic N) is 3. The van der Waals surface area contributed by atoms with Crippen molar-refractivity contribution in [2.75, 3.05) is 11.6 Å². The summed E-state index contributed by atoms with van der Waals surface area (Å²) in [5.41, 5.74) is 0.706. The van der Waals surface area contributed by atoms with E-state index in [2.05, 4.69) is 21.4 Å². The third-order valence-electron chi connectivity index (χ3n) is 2.98. The van der Waals surface area contributed by atoms with Crippen molar-refractivity contribution in [1.29, 1.82) is 5.26 Å². The molecule has 0 spiro atoms. The number of hydrogen-bond acceptors (Lipinski definition) is 7. The second-order valence-electron chi connectivity index (χ2n) is 4.59. The molecule has 22 heavy (non-hydrogen) atoms. The van der Waals surface area contributed by atoms with Gasteiger partial charge >= 0.3 is 0 Å². The monoisotopic (exact) mass is 330 g/mol. The van der Waals surface area contributed by atoms with E-state index in [1.54, 1.807) is 18.2 Å². The first kappa shape index (κ1) is 14.4.